The summed E-state index contributed by atoms with van der Waals surface area (Å²) in [6, 6.07) is 14.3. The van der Waals surface area contributed by atoms with Crippen molar-refractivity contribution in [2.75, 3.05) is 0 Å². The monoisotopic (exact) mass is 201 g/mol. The summed E-state index contributed by atoms with van der Waals surface area (Å²) >= 11 is 5.13. The number of rotatable bonds is 1. The molecule has 0 unspecified atom stereocenters. The summed E-state index contributed by atoms with van der Waals surface area (Å²) in [7, 11) is 0. The molecule has 2 rings (SSSR count). The van der Waals surface area contributed by atoms with E-state index in [-0.39, 0.29) is 0 Å². The van der Waals surface area contributed by atoms with Crippen molar-refractivity contribution in [3.05, 3.63) is 52.8 Å². The third kappa shape index (κ3) is 1.91. The lowest BCUT2D eigenvalue weighted by atomic mass is 10.1. The van der Waals surface area contributed by atoms with Gasteiger partial charge in [-0.15, -0.1) is 0 Å². The molecule has 1 aromatic heterocycles. The van der Waals surface area contributed by atoms with Crippen LogP contribution in [0.15, 0.2) is 42.5 Å². The molecular formula is C12H11NS. The van der Waals surface area contributed by atoms with Crippen molar-refractivity contribution < 1.29 is 0 Å². The molecule has 1 N–H and O–H groups in total. The van der Waals surface area contributed by atoms with E-state index < -0.39 is 0 Å². The van der Waals surface area contributed by atoms with Crippen LogP contribution in [0.1, 0.15) is 5.69 Å². The Morgan fingerprint density at radius 3 is 2.36 bits per heavy atom. The summed E-state index contributed by atoms with van der Waals surface area (Å²) < 4.78 is 0.781. The Kier molecular flexibility index (Phi) is 2.46. The maximum atomic E-state index is 5.13. The van der Waals surface area contributed by atoms with Crippen LogP contribution >= 0.6 is 12.2 Å². The molecule has 14 heavy (non-hydrogen) atoms. The highest BCUT2D eigenvalue weighted by Crippen LogP contribution is 2.18. The highest BCUT2D eigenvalue weighted by atomic mass is 32.1. The van der Waals surface area contributed by atoms with E-state index in [9.17, 15) is 0 Å². The molecule has 0 amide bonds. The summed E-state index contributed by atoms with van der Waals surface area (Å²) in [6.07, 6.45) is 0. The van der Waals surface area contributed by atoms with E-state index in [2.05, 4.69) is 23.2 Å². The molecule has 0 radical (unpaired) electrons. The van der Waals surface area contributed by atoms with Crippen LogP contribution in [0.2, 0.25) is 0 Å². The lowest BCUT2D eigenvalue weighted by Gasteiger charge is -2.02. The van der Waals surface area contributed by atoms with Crippen molar-refractivity contribution >= 4 is 12.2 Å². The Morgan fingerprint density at radius 1 is 1.00 bits per heavy atom. The van der Waals surface area contributed by atoms with Crippen molar-refractivity contribution in [3.8, 4) is 11.1 Å². The first-order valence-electron chi connectivity index (χ1n) is 4.52. The predicted molar refractivity (Wildman–Crippen MR) is 61.8 cm³/mol. The first-order valence-corrected chi connectivity index (χ1v) is 4.93. The molecule has 70 valence electrons. The second-order valence-electron chi connectivity index (χ2n) is 3.28. The van der Waals surface area contributed by atoms with Gasteiger partial charge in [-0.05, 0) is 30.2 Å². The van der Waals surface area contributed by atoms with Gasteiger partial charge in [0.1, 0.15) is 4.64 Å². The minimum Gasteiger partial charge on any atom is -0.350 e. The molecule has 2 aromatic rings. The summed E-state index contributed by atoms with van der Waals surface area (Å²) in [6.45, 7) is 2.02. The molecule has 0 bridgehead atoms. The largest absolute Gasteiger partial charge is 0.350 e. The van der Waals surface area contributed by atoms with Crippen molar-refractivity contribution in [1.82, 2.24) is 4.98 Å². The Labute approximate surface area is 88.4 Å². The Bertz CT molecular complexity index is 485. The van der Waals surface area contributed by atoms with Crippen molar-refractivity contribution in [1.29, 1.82) is 0 Å². The average Bonchev–Trinajstić information content (AvgIpc) is 2.18. The number of aromatic amines is 1. The van der Waals surface area contributed by atoms with Crippen LogP contribution in [0.3, 0.4) is 0 Å². The molecule has 1 nitrogen and oxygen atoms in total. The van der Waals surface area contributed by atoms with E-state index in [0.29, 0.717) is 0 Å². The van der Waals surface area contributed by atoms with E-state index in [1.165, 1.54) is 11.1 Å². The van der Waals surface area contributed by atoms with Crippen LogP contribution in [-0.4, -0.2) is 4.98 Å². The van der Waals surface area contributed by atoms with Crippen molar-refractivity contribution in [2.45, 2.75) is 6.92 Å². The molecule has 0 saturated heterocycles. The number of aromatic nitrogens is 1. The molecule has 2 heteroatoms. The van der Waals surface area contributed by atoms with Gasteiger partial charge in [-0.3, -0.25) is 0 Å². The quantitative estimate of drug-likeness (QED) is 0.695. The number of hydrogen-bond donors (Lipinski definition) is 1. The normalized spacial score (nSPS) is 10.1. The van der Waals surface area contributed by atoms with Crippen LogP contribution in [0.4, 0.5) is 0 Å². The molecule has 0 saturated carbocycles. The second kappa shape index (κ2) is 3.76. The van der Waals surface area contributed by atoms with Gasteiger partial charge >= 0.3 is 0 Å². The number of aryl methyl sites for hydroxylation is 1. The van der Waals surface area contributed by atoms with E-state index in [4.69, 9.17) is 12.2 Å². The molecule has 0 fully saturated rings. The highest BCUT2D eigenvalue weighted by molar-refractivity contribution is 7.71. The summed E-state index contributed by atoms with van der Waals surface area (Å²) in [4.78, 5) is 3.10. The molecule has 0 aliphatic rings. The Balaban J connectivity index is 2.58. The number of H-pyrrole nitrogens is 1. The van der Waals surface area contributed by atoms with Crippen LogP contribution < -0.4 is 0 Å². The van der Waals surface area contributed by atoms with Crippen LogP contribution in [-0.2, 0) is 0 Å². The first kappa shape index (κ1) is 9.16. The van der Waals surface area contributed by atoms with Gasteiger partial charge in [0.25, 0.3) is 0 Å². The fraction of sp³-hybridized carbons (Fsp3) is 0.0833. The number of nitrogens with one attached hydrogen (secondary N) is 1. The lowest BCUT2D eigenvalue weighted by Crippen LogP contribution is -1.84. The zero-order valence-corrected chi connectivity index (χ0v) is 8.77. The standard InChI is InChI=1S/C12H11NS/c1-9-7-11(8-12(14)13-9)10-5-3-2-4-6-10/h2-8H,1H3,(H,13,14). The van der Waals surface area contributed by atoms with Crippen LogP contribution in [0.5, 0.6) is 0 Å². The maximum Gasteiger partial charge on any atom is 0.104 e. The van der Waals surface area contributed by atoms with E-state index in [0.717, 1.165) is 10.3 Å². The van der Waals surface area contributed by atoms with Gasteiger partial charge in [0.2, 0.25) is 0 Å². The van der Waals surface area contributed by atoms with Crippen molar-refractivity contribution in [3.63, 3.8) is 0 Å². The van der Waals surface area contributed by atoms with E-state index in [1.54, 1.807) is 0 Å². The van der Waals surface area contributed by atoms with Gasteiger partial charge in [-0.2, -0.15) is 0 Å². The second-order valence-corrected chi connectivity index (χ2v) is 3.72. The first-order chi connectivity index (χ1) is 6.75. The van der Waals surface area contributed by atoms with E-state index in [1.807, 2.05) is 31.2 Å². The van der Waals surface area contributed by atoms with Gasteiger partial charge in [0.05, 0.1) is 0 Å². The summed E-state index contributed by atoms with van der Waals surface area (Å²) in [5, 5.41) is 0. The smallest absolute Gasteiger partial charge is 0.104 e. The third-order valence-electron chi connectivity index (χ3n) is 2.09. The minimum atomic E-state index is 0.781. The molecule has 1 heterocycles. The van der Waals surface area contributed by atoms with Gasteiger partial charge in [-0.25, -0.2) is 0 Å². The Hall–Kier alpha value is -1.41. The summed E-state index contributed by atoms with van der Waals surface area (Å²) in [5.74, 6) is 0. The number of benzene rings is 1. The van der Waals surface area contributed by atoms with Gasteiger partial charge < -0.3 is 4.98 Å². The molecule has 0 atom stereocenters. The molecule has 1 aromatic carbocycles. The maximum absolute atomic E-state index is 5.13. The zero-order chi connectivity index (χ0) is 9.97. The number of hydrogen-bond acceptors (Lipinski definition) is 1. The van der Waals surface area contributed by atoms with E-state index >= 15 is 0 Å². The lowest BCUT2D eigenvalue weighted by molar-refractivity contribution is 1.18. The molecule has 0 aliphatic heterocycles. The Morgan fingerprint density at radius 2 is 1.71 bits per heavy atom. The summed E-state index contributed by atoms with van der Waals surface area (Å²) in [5.41, 5.74) is 3.47. The molecule has 0 spiro atoms. The minimum absolute atomic E-state index is 0.781. The topological polar surface area (TPSA) is 15.8 Å². The van der Waals surface area contributed by atoms with Gasteiger partial charge in [0.15, 0.2) is 0 Å². The molecule has 0 aliphatic carbocycles. The highest BCUT2D eigenvalue weighted by Gasteiger charge is 1.96. The van der Waals surface area contributed by atoms with Gasteiger partial charge in [-0.1, -0.05) is 42.5 Å². The van der Waals surface area contributed by atoms with Gasteiger partial charge in [0, 0.05) is 5.69 Å². The fourth-order valence-corrected chi connectivity index (χ4v) is 1.77. The number of pyridine rings is 1. The fourth-order valence-electron chi connectivity index (χ4n) is 1.48. The third-order valence-corrected chi connectivity index (χ3v) is 2.31. The SMILES string of the molecule is Cc1cc(-c2ccccc2)cc(=S)[nH]1. The van der Waals surface area contributed by atoms with Crippen molar-refractivity contribution in [2.24, 2.45) is 0 Å². The van der Waals surface area contributed by atoms with Crippen LogP contribution in [0.25, 0.3) is 11.1 Å². The molecular weight excluding hydrogens is 190 g/mol. The zero-order valence-electron chi connectivity index (χ0n) is 7.95. The predicted octanol–water partition coefficient (Wildman–Crippen LogP) is 3.72. The average molecular weight is 201 g/mol. The van der Waals surface area contributed by atoms with Crippen LogP contribution in [0, 0.1) is 11.6 Å².